The van der Waals surface area contributed by atoms with Crippen LogP contribution in [0.1, 0.15) is 24.8 Å². The van der Waals surface area contributed by atoms with Crippen molar-refractivity contribution in [2.75, 3.05) is 13.7 Å². The molecule has 0 bridgehead atoms. The number of nitro benzene ring substituents is 1. The zero-order valence-electron chi connectivity index (χ0n) is 11.4. The second kappa shape index (κ2) is 6.36. The Morgan fingerprint density at radius 2 is 2.25 bits per heavy atom. The summed E-state index contributed by atoms with van der Waals surface area (Å²) in [4.78, 5) is 22.4. The average molecular weight is 278 g/mol. The molecule has 1 aromatic carbocycles. The fourth-order valence-corrected chi connectivity index (χ4v) is 2.50. The van der Waals surface area contributed by atoms with Crippen LogP contribution in [0, 0.1) is 16.0 Å². The third-order valence-corrected chi connectivity index (χ3v) is 3.59. The lowest BCUT2D eigenvalue weighted by Gasteiger charge is -2.15. The number of nitro groups is 1. The second-order valence-electron chi connectivity index (χ2n) is 4.94. The molecular weight excluding hydrogens is 260 g/mol. The fraction of sp³-hybridized carbons (Fsp3) is 0.500. The van der Waals surface area contributed by atoms with Crippen molar-refractivity contribution in [3.63, 3.8) is 0 Å². The minimum absolute atomic E-state index is 0.0230. The Bertz CT molecular complexity index is 516. The van der Waals surface area contributed by atoms with E-state index in [4.69, 9.17) is 4.74 Å². The van der Waals surface area contributed by atoms with Crippen LogP contribution in [0.5, 0.6) is 5.75 Å². The summed E-state index contributed by atoms with van der Waals surface area (Å²) in [6.07, 6.45) is 3.24. The first-order chi connectivity index (χ1) is 9.61. The Morgan fingerprint density at radius 3 is 2.95 bits per heavy atom. The number of ether oxygens (including phenoxy) is 1. The van der Waals surface area contributed by atoms with E-state index >= 15 is 0 Å². The van der Waals surface area contributed by atoms with E-state index in [0.29, 0.717) is 24.3 Å². The molecule has 6 nitrogen and oxygen atoms in total. The van der Waals surface area contributed by atoms with E-state index in [-0.39, 0.29) is 17.5 Å². The van der Waals surface area contributed by atoms with Crippen molar-refractivity contribution in [1.82, 2.24) is 5.32 Å². The minimum Gasteiger partial charge on any atom is -0.496 e. The molecule has 1 unspecified atom stereocenters. The van der Waals surface area contributed by atoms with Crippen LogP contribution in [0.3, 0.4) is 0 Å². The monoisotopic (exact) mass is 278 g/mol. The van der Waals surface area contributed by atoms with Crippen molar-refractivity contribution in [2.24, 2.45) is 5.92 Å². The molecule has 1 amide bonds. The van der Waals surface area contributed by atoms with Gasteiger partial charge < -0.3 is 10.1 Å². The molecule has 1 aliphatic heterocycles. The smallest absolute Gasteiger partial charge is 0.269 e. The van der Waals surface area contributed by atoms with Gasteiger partial charge in [0.1, 0.15) is 5.75 Å². The van der Waals surface area contributed by atoms with Gasteiger partial charge in [0.25, 0.3) is 5.69 Å². The summed E-state index contributed by atoms with van der Waals surface area (Å²) in [5.41, 5.74) is 0.735. The molecule has 1 N–H and O–H groups in total. The van der Waals surface area contributed by atoms with E-state index in [9.17, 15) is 14.9 Å². The van der Waals surface area contributed by atoms with Gasteiger partial charge >= 0.3 is 0 Å². The van der Waals surface area contributed by atoms with Crippen LogP contribution in [0.25, 0.3) is 0 Å². The number of methoxy groups -OCH3 is 1. The van der Waals surface area contributed by atoms with E-state index in [1.807, 2.05) is 0 Å². The van der Waals surface area contributed by atoms with Crippen LogP contribution in [0.4, 0.5) is 5.69 Å². The number of amides is 1. The van der Waals surface area contributed by atoms with Gasteiger partial charge in [0.2, 0.25) is 5.91 Å². The lowest BCUT2D eigenvalue weighted by Crippen LogP contribution is -2.30. The summed E-state index contributed by atoms with van der Waals surface area (Å²) >= 11 is 0. The quantitative estimate of drug-likeness (QED) is 0.675. The minimum atomic E-state index is -0.434. The maximum atomic E-state index is 12.0. The standard InChI is InChI=1S/C14H18N2O4/c1-20-13-6-5-12(16(18)19)9-11(13)8-10-4-2-3-7-15-14(10)17/h5-6,9-10H,2-4,7-8H2,1H3,(H,15,17). The van der Waals surface area contributed by atoms with Crippen molar-refractivity contribution in [2.45, 2.75) is 25.7 Å². The zero-order chi connectivity index (χ0) is 14.5. The molecule has 2 rings (SSSR count). The molecule has 1 heterocycles. The molecule has 1 saturated heterocycles. The molecule has 1 fully saturated rings. The lowest BCUT2D eigenvalue weighted by atomic mass is 9.93. The lowest BCUT2D eigenvalue weighted by molar-refractivity contribution is -0.384. The number of rotatable bonds is 4. The van der Waals surface area contributed by atoms with Gasteiger partial charge in [0.05, 0.1) is 12.0 Å². The van der Waals surface area contributed by atoms with Crippen LogP contribution >= 0.6 is 0 Å². The number of carbonyl (C=O) groups is 1. The van der Waals surface area contributed by atoms with E-state index in [1.165, 1.54) is 19.2 Å². The summed E-state index contributed by atoms with van der Waals surface area (Å²) < 4.78 is 5.23. The molecule has 1 aromatic rings. The van der Waals surface area contributed by atoms with Crippen molar-refractivity contribution >= 4 is 11.6 Å². The number of non-ortho nitro benzene ring substituents is 1. The molecule has 0 aromatic heterocycles. The summed E-state index contributed by atoms with van der Waals surface area (Å²) in [7, 11) is 1.53. The Labute approximate surface area is 117 Å². The first-order valence-electron chi connectivity index (χ1n) is 6.71. The van der Waals surface area contributed by atoms with Gasteiger partial charge in [-0.1, -0.05) is 6.42 Å². The normalized spacial score (nSPS) is 19.1. The van der Waals surface area contributed by atoms with Gasteiger partial charge in [0, 0.05) is 30.2 Å². The molecule has 1 aliphatic rings. The van der Waals surface area contributed by atoms with Gasteiger partial charge in [-0.3, -0.25) is 14.9 Å². The molecule has 0 spiro atoms. The van der Waals surface area contributed by atoms with Crippen LogP contribution in [0.15, 0.2) is 18.2 Å². The van der Waals surface area contributed by atoms with E-state index in [1.54, 1.807) is 6.07 Å². The summed E-state index contributed by atoms with van der Waals surface area (Å²) in [5.74, 6) is 0.470. The third-order valence-electron chi connectivity index (χ3n) is 3.59. The van der Waals surface area contributed by atoms with Crippen molar-refractivity contribution < 1.29 is 14.5 Å². The topological polar surface area (TPSA) is 81.5 Å². The van der Waals surface area contributed by atoms with Gasteiger partial charge in [0.15, 0.2) is 0 Å². The molecule has 20 heavy (non-hydrogen) atoms. The molecule has 0 saturated carbocycles. The predicted octanol–water partition coefficient (Wildman–Crippen LogP) is 2.06. The number of benzene rings is 1. The Morgan fingerprint density at radius 1 is 1.45 bits per heavy atom. The number of hydrogen-bond donors (Lipinski definition) is 1. The van der Waals surface area contributed by atoms with Crippen LogP contribution in [-0.2, 0) is 11.2 Å². The Kier molecular flexibility index (Phi) is 4.55. The highest BCUT2D eigenvalue weighted by Gasteiger charge is 2.23. The maximum absolute atomic E-state index is 12.0. The van der Waals surface area contributed by atoms with Crippen LogP contribution in [0.2, 0.25) is 0 Å². The van der Waals surface area contributed by atoms with Crippen molar-refractivity contribution in [3.8, 4) is 5.75 Å². The van der Waals surface area contributed by atoms with Crippen molar-refractivity contribution in [1.29, 1.82) is 0 Å². The van der Waals surface area contributed by atoms with Crippen LogP contribution in [-0.4, -0.2) is 24.5 Å². The van der Waals surface area contributed by atoms with Crippen molar-refractivity contribution in [3.05, 3.63) is 33.9 Å². The third kappa shape index (κ3) is 3.26. The first-order valence-corrected chi connectivity index (χ1v) is 6.71. The summed E-state index contributed by atoms with van der Waals surface area (Å²) in [6, 6.07) is 4.49. The average Bonchev–Trinajstić information content (AvgIpc) is 2.64. The number of hydrogen-bond acceptors (Lipinski definition) is 4. The van der Waals surface area contributed by atoms with E-state index in [0.717, 1.165) is 19.3 Å². The number of nitrogens with zero attached hydrogens (tertiary/aromatic N) is 1. The summed E-state index contributed by atoms with van der Waals surface area (Å²) in [5, 5.41) is 13.7. The van der Waals surface area contributed by atoms with Crippen LogP contribution < -0.4 is 10.1 Å². The highest BCUT2D eigenvalue weighted by molar-refractivity contribution is 5.79. The van der Waals surface area contributed by atoms with Gasteiger partial charge in [-0.15, -0.1) is 0 Å². The SMILES string of the molecule is COc1ccc([N+](=O)[O-])cc1CC1CCCCNC1=O. The highest BCUT2D eigenvalue weighted by Crippen LogP contribution is 2.28. The van der Waals surface area contributed by atoms with E-state index < -0.39 is 4.92 Å². The fourth-order valence-electron chi connectivity index (χ4n) is 2.50. The van der Waals surface area contributed by atoms with Gasteiger partial charge in [-0.05, 0) is 25.3 Å². The van der Waals surface area contributed by atoms with Gasteiger partial charge in [-0.25, -0.2) is 0 Å². The predicted molar refractivity (Wildman–Crippen MR) is 73.7 cm³/mol. The first kappa shape index (κ1) is 14.3. The van der Waals surface area contributed by atoms with E-state index in [2.05, 4.69) is 5.32 Å². The number of carbonyl (C=O) groups excluding carboxylic acids is 1. The zero-order valence-corrected chi connectivity index (χ0v) is 11.4. The Hall–Kier alpha value is -2.11. The molecular formula is C14H18N2O4. The molecule has 1 atom stereocenters. The number of nitrogens with one attached hydrogen (secondary N) is 1. The molecule has 108 valence electrons. The largest absolute Gasteiger partial charge is 0.496 e. The summed E-state index contributed by atoms with van der Waals surface area (Å²) in [6.45, 7) is 0.710. The molecule has 0 aliphatic carbocycles. The maximum Gasteiger partial charge on any atom is 0.269 e. The molecule has 6 heteroatoms. The Balaban J connectivity index is 2.23. The highest BCUT2D eigenvalue weighted by atomic mass is 16.6. The second-order valence-corrected chi connectivity index (χ2v) is 4.94. The van der Waals surface area contributed by atoms with Gasteiger partial charge in [-0.2, -0.15) is 0 Å². The molecule has 0 radical (unpaired) electrons.